The van der Waals surface area contributed by atoms with E-state index >= 15 is 0 Å². The van der Waals surface area contributed by atoms with Gasteiger partial charge >= 0.3 is 5.97 Å². The molecule has 1 aromatic rings. The molecular formula is C45H85NO7SSi3. The first-order valence-corrected chi connectivity index (χ1v) is 31.1. The number of aryl methyl sites for hydroxylation is 1. The third-order valence-electron chi connectivity index (χ3n) is 14.3. The average molecular weight is 868 g/mol. The van der Waals surface area contributed by atoms with Crippen molar-refractivity contribution >= 4 is 54.1 Å². The molecule has 2 heterocycles. The van der Waals surface area contributed by atoms with Crippen molar-refractivity contribution in [2.24, 2.45) is 17.3 Å². The Morgan fingerprint density at radius 2 is 1.39 bits per heavy atom. The number of epoxide rings is 1. The van der Waals surface area contributed by atoms with Gasteiger partial charge in [0.2, 0.25) is 0 Å². The predicted molar refractivity (Wildman–Crippen MR) is 248 cm³/mol. The quantitative estimate of drug-likeness (QED) is 0.0961. The second kappa shape index (κ2) is 18.5. The molecule has 0 amide bonds. The Bertz CT molecular complexity index is 1550. The number of rotatable bonds is 21. The van der Waals surface area contributed by atoms with Crippen LogP contribution in [0.4, 0.5) is 0 Å². The molecule has 1 fully saturated rings. The van der Waals surface area contributed by atoms with Crippen molar-refractivity contribution in [3.05, 3.63) is 21.7 Å². The van der Waals surface area contributed by atoms with Gasteiger partial charge < -0.3 is 23.1 Å². The van der Waals surface area contributed by atoms with E-state index in [4.69, 9.17) is 23.0 Å². The van der Waals surface area contributed by atoms with Crippen molar-refractivity contribution in [2.45, 2.75) is 227 Å². The fraction of sp³-hybridized carbons (Fsp3) is 0.844. The molecule has 0 bridgehead atoms. The summed E-state index contributed by atoms with van der Waals surface area (Å²) in [6.07, 6.45) is 4.47. The van der Waals surface area contributed by atoms with Crippen molar-refractivity contribution in [1.82, 2.24) is 4.98 Å². The Labute approximate surface area is 356 Å². The summed E-state index contributed by atoms with van der Waals surface area (Å²) in [6, 6.07) is 0. The lowest BCUT2D eigenvalue weighted by atomic mass is 9.73. The highest BCUT2D eigenvalue weighted by molar-refractivity contribution is 7.09. The zero-order valence-corrected chi connectivity index (χ0v) is 44.2. The molecule has 7 atom stereocenters. The Kier molecular flexibility index (Phi) is 17.0. The third kappa shape index (κ3) is 13.8. The minimum atomic E-state index is -2.39. The lowest BCUT2D eigenvalue weighted by Crippen LogP contribution is -2.54. The van der Waals surface area contributed by atoms with Gasteiger partial charge in [0.05, 0.1) is 47.1 Å². The molecule has 0 aromatic carbocycles. The molecule has 330 valence electrons. The van der Waals surface area contributed by atoms with Gasteiger partial charge in [0, 0.05) is 23.1 Å². The monoisotopic (exact) mass is 868 g/mol. The summed E-state index contributed by atoms with van der Waals surface area (Å²) < 4.78 is 27.5. The molecule has 1 aliphatic heterocycles. The number of thiazole rings is 1. The summed E-state index contributed by atoms with van der Waals surface area (Å²) in [6.45, 7) is 47.8. The zero-order chi connectivity index (χ0) is 44.5. The molecule has 1 aromatic heterocycles. The lowest BCUT2D eigenvalue weighted by Gasteiger charge is -2.46. The summed E-state index contributed by atoms with van der Waals surface area (Å²) in [7, 11) is -6.76. The minimum absolute atomic E-state index is 0.00424. The van der Waals surface area contributed by atoms with Crippen LogP contribution >= 0.6 is 11.3 Å². The Morgan fingerprint density at radius 3 is 1.84 bits per heavy atom. The van der Waals surface area contributed by atoms with Gasteiger partial charge in [-0.15, -0.1) is 11.3 Å². The molecule has 1 N–H and O–H groups in total. The maximum absolute atomic E-state index is 14.8. The molecule has 1 saturated heterocycles. The maximum Gasteiger partial charge on any atom is 0.305 e. The van der Waals surface area contributed by atoms with Crippen molar-refractivity contribution in [1.29, 1.82) is 0 Å². The second-order valence-electron chi connectivity index (χ2n) is 22.8. The van der Waals surface area contributed by atoms with Crippen molar-refractivity contribution in [3.63, 3.8) is 0 Å². The van der Waals surface area contributed by atoms with E-state index in [0.29, 0.717) is 0 Å². The molecule has 0 radical (unpaired) electrons. The maximum atomic E-state index is 14.8. The van der Waals surface area contributed by atoms with E-state index in [1.807, 2.05) is 27.7 Å². The number of Topliss-reactive ketones (excluding diaryl/α,β-unsaturated/α-hetero) is 1. The number of carboxylic acids is 1. The first kappa shape index (κ1) is 52.1. The highest BCUT2D eigenvalue weighted by Gasteiger charge is 2.54. The molecule has 0 aliphatic carbocycles. The molecule has 3 unspecified atom stereocenters. The van der Waals surface area contributed by atoms with Gasteiger partial charge in [-0.1, -0.05) is 96.4 Å². The van der Waals surface area contributed by atoms with Crippen LogP contribution in [0, 0.1) is 24.2 Å². The smallest absolute Gasteiger partial charge is 0.305 e. The predicted octanol–water partition coefficient (Wildman–Crippen LogP) is 13.1. The van der Waals surface area contributed by atoms with Crippen molar-refractivity contribution < 1.29 is 32.7 Å². The number of carbonyl (C=O) groups excluding carboxylic acids is 1. The highest BCUT2D eigenvalue weighted by Crippen LogP contribution is 2.48. The second-order valence-corrected chi connectivity index (χ2v) is 38.1. The van der Waals surface area contributed by atoms with Gasteiger partial charge in [-0.25, -0.2) is 4.98 Å². The largest absolute Gasteiger partial charge is 0.481 e. The number of ketones is 1. The highest BCUT2D eigenvalue weighted by atomic mass is 32.1. The van der Waals surface area contributed by atoms with Crippen LogP contribution < -0.4 is 0 Å². The van der Waals surface area contributed by atoms with Crippen molar-refractivity contribution in [2.75, 3.05) is 0 Å². The summed E-state index contributed by atoms with van der Waals surface area (Å²) in [5.74, 6) is -1.31. The van der Waals surface area contributed by atoms with E-state index < -0.39 is 48.4 Å². The first-order valence-electron chi connectivity index (χ1n) is 21.5. The summed E-state index contributed by atoms with van der Waals surface area (Å²) in [5.41, 5.74) is 0.900. The number of hydrogen-bond donors (Lipinski definition) is 1. The standard InChI is InChI=1S/C45H85NO7SSi3/c1-30(24-23-25-45(16)37(50-45)27-35(51-55(17,18)41(5,6)7)31(2)26-34-29-54-33(4)46-34)39(53-57(21,22)43(11,12)13)32(3)40(49)44(14,15)36(28-38(47)48)52-56(19,20)42(8,9)10/h26,29-30,32,35-37,39H,23-25,27-28H2,1-22H3,(H,47,48)/b31-26+/t30?,32?,35-,36-,37?,39-,45+/m0/s1. The molecule has 2 rings (SSSR count). The van der Waals surface area contributed by atoms with Crippen LogP contribution in [0.2, 0.25) is 54.4 Å². The summed E-state index contributed by atoms with van der Waals surface area (Å²) in [5, 5.41) is 13.1. The van der Waals surface area contributed by atoms with Gasteiger partial charge in [0.15, 0.2) is 25.0 Å². The van der Waals surface area contributed by atoms with E-state index in [1.54, 1.807) is 11.3 Å². The van der Waals surface area contributed by atoms with Gasteiger partial charge in [-0.3, -0.25) is 9.59 Å². The normalized spacial score (nSPS) is 21.9. The van der Waals surface area contributed by atoms with Gasteiger partial charge in [-0.2, -0.15) is 0 Å². The SMILES string of the molecule is C/C(=C\c1csc(C)n1)[C@H](CC1O[C@]1(C)CCCC(C)[C@H](O[Si](C)(C)C(C)(C)C)C(C)C(=O)C(C)(C)[C@H](CC(=O)O)O[Si](C)(C)C(C)(C)C)O[Si](C)(C)C(C)(C)C. The van der Waals surface area contributed by atoms with Crippen LogP contribution in [0.5, 0.6) is 0 Å². The van der Waals surface area contributed by atoms with Crippen LogP contribution in [-0.2, 0) is 27.6 Å². The Balaban J connectivity index is 2.32. The fourth-order valence-electron chi connectivity index (χ4n) is 6.83. The van der Waals surface area contributed by atoms with E-state index in [1.165, 1.54) is 5.57 Å². The molecule has 1 aliphatic rings. The van der Waals surface area contributed by atoms with Gasteiger partial charge in [0.25, 0.3) is 0 Å². The Morgan fingerprint density at radius 1 is 0.895 bits per heavy atom. The lowest BCUT2D eigenvalue weighted by molar-refractivity contribution is -0.146. The number of carboxylic acid groups (broad SMARTS) is 1. The number of ether oxygens (including phenoxy) is 1. The molecule has 57 heavy (non-hydrogen) atoms. The third-order valence-corrected chi connectivity index (χ3v) is 28.5. The topological polar surface area (TPSA) is 107 Å². The summed E-state index contributed by atoms with van der Waals surface area (Å²) >= 11 is 1.66. The molecule has 0 saturated carbocycles. The molecule has 12 heteroatoms. The van der Waals surface area contributed by atoms with E-state index in [0.717, 1.165) is 36.4 Å². The van der Waals surface area contributed by atoms with Crippen LogP contribution in [0.15, 0.2) is 11.0 Å². The van der Waals surface area contributed by atoms with Crippen LogP contribution in [0.25, 0.3) is 6.08 Å². The van der Waals surface area contributed by atoms with E-state index in [2.05, 4.69) is 134 Å². The van der Waals surface area contributed by atoms with E-state index in [-0.39, 0.29) is 57.1 Å². The average Bonchev–Trinajstić information content (AvgIpc) is 3.46. The minimum Gasteiger partial charge on any atom is -0.481 e. The molecular weight excluding hydrogens is 783 g/mol. The number of hydrogen-bond acceptors (Lipinski definition) is 8. The summed E-state index contributed by atoms with van der Waals surface area (Å²) in [4.78, 5) is 31.7. The zero-order valence-electron chi connectivity index (χ0n) is 40.4. The molecule has 8 nitrogen and oxygen atoms in total. The number of carbonyl (C=O) groups is 2. The first-order chi connectivity index (χ1) is 25.4. The number of aliphatic carboxylic acids is 1. The van der Waals surface area contributed by atoms with Gasteiger partial charge in [-0.05, 0) is 106 Å². The number of aromatic nitrogens is 1. The van der Waals surface area contributed by atoms with Crippen LogP contribution in [-0.4, -0.2) is 76.8 Å². The Hall–Kier alpha value is -0.999. The molecule has 0 spiro atoms. The van der Waals surface area contributed by atoms with Crippen LogP contribution in [0.3, 0.4) is 0 Å². The van der Waals surface area contributed by atoms with Crippen molar-refractivity contribution in [3.8, 4) is 0 Å². The van der Waals surface area contributed by atoms with Gasteiger partial charge in [0.1, 0.15) is 5.78 Å². The number of nitrogens with zero attached hydrogens (tertiary/aromatic N) is 1. The van der Waals surface area contributed by atoms with E-state index in [9.17, 15) is 14.7 Å². The van der Waals surface area contributed by atoms with Crippen LogP contribution in [0.1, 0.15) is 147 Å². The fourth-order valence-corrected chi connectivity index (χ4v) is 11.7.